The highest BCUT2D eigenvalue weighted by Crippen LogP contribution is 2.22. The van der Waals surface area contributed by atoms with Gasteiger partial charge in [0.25, 0.3) is 0 Å². The first-order chi connectivity index (χ1) is 8.06. The number of cyclic esters (lactones) is 1. The molecule has 17 heavy (non-hydrogen) atoms. The Labute approximate surface area is 103 Å². The Bertz CT molecular complexity index is 283. The molecule has 2 rings (SSSR count). The van der Waals surface area contributed by atoms with Crippen molar-refractivity contribution in [3.05, 3.63) is 0 Å². The average Bonchev–Trinajstić information content (AvgIpc) is 2.57. The number of hydrogen-bond acceptors (Lipinski definition) is 5. The van der Waals surface area contributed by atoms with E-state index < -0.39 is 0 Å². The Kier molecular flexibility index (Phi) is 4.01. The number of morpholine rings is 1. The zero-order chi connectivity index (χ0) is 12.4. The van der Waals surface area contributed by atoms with Gasteiger partial charge in [-0.25, -0.2) is 0 Å². The van der Waals surface area contributed by atoms with E-state index in [9.17, 15) is 4.79 Å². The van der Waals surface area contributed by atoms with Gasteiger partial charge in [-0.2, -0.15) is 0 Å². The van der Waals surface area contributed by atoms with Crippen LogP contribution in [0.2, 0.25) is 0 Å². The minimum atomic E-state index is -0.0667. The van der Waals surface area contributed by atoms with Crippen LogP contribution in [0, 0.1) is 0 Å². The fourth-order valence-electron chi connectivity index (χ4n) is 2.58. The van der Waals surface area contributed by atoms with Crippen LogP contribution in [0.25, 0.3) is 0 Å². The molecule has 98 valence electrons. The normalized spacial score (nSPS) is 35.3. The molecule has 5 nitrogen and oxygen atoms in total. The smallest absolute Gasteiger partial charge is 0.323 e. The second-order valence-corrected chi connectivity index (χ2v) is 5.25. The standard InChI is InChI=1S/C12H22N2O3/c1-9-6-11(12(15)17-9)14-4-5-16-10(8-14)7-13(2)3/h9-11H,4-8H2,1-3H3/t9-,10-,11+/m1/s1. The van der Waals surface area contributed by atoms with E-state index in [1.54, 1.807) is 0 Å². The molecule has 0 spiro atoms. The molecule has 0 amide bonds. The second-order valence-electron chi connectivity index (χ2n) is 5.25. The van der Waals surface area contributed by atoms with Gasteiger partial charge in [-0.15, -0.1) is 0 Å². The van der Waals surface area contributed by atoms with Gasteiger partial charge in [-0.3, -0.25) is 9.69 Å². The molecule has 0 aromatic carbocycles. The lowest BCUT2D eigenvalue weighted by atomic mass is 10.1. The quantitative estimate of drug-likeness (QED) is 0.649. The fraction of sp³-hybridized carbons (Fsp3) is 0.917. The third kappa shape index (κ3) is 3.18. The lowest BCUT2D eigenvalue weighted by Gasteiger charge is -2.36. The van der Waals surface area contributed by atoms with Crippen LogP contribution in [0.15, 0.2) is 0 Å². The number of likely N-dealkylation sites (N-methyl/N-ethyl adjacent to an activating group) is 1. The Morgan fingerprint density at radius 1 is 1.47 bits per heavy atom. The Hall–Kier alpha value is -0.650. The van der Waals surface area contributed by atoms with Gasteiger partial charge in [0, 0.05) is 26.1 Å². The van der Waals surface area contributed by atoms with E-state index in [4.69, 9.17) is 9.47 Å². The van der Waals surface area contributed by atoms with Gasteiger partial charge in [-0.05, 0) is 21.0 Å². The summed E-state index contributed by atoms with van der Waals surface area (Å²) < 4.78 is 10.9. The second kappa shape index (κ2) is 5.33. The maximum atomic E-state index is 11.7. The Morgan fingerprint density at radius 2 is 2.24 bits per heavy atom. The summed E-state index contributed by atoms with van der Waals surface area (Å²) in [5.74, 6) is -0.0667. The SMILES string of the molecule is C[C@@H]1C[C@H](N2CCO[C@H](CN(C)C)C2)C(=O)O1. The van der Waals surface area contributed by atoms with Crippen molar-refractivity contribution >= 4 is 5.97 Å². The van der Waals surface area contributed by atoms with Gasteiger partial charge >= 0.3 is 5.97 Å². The van der Waals surface area contributed by atoms with Crippen molar-refractivity contribution in [1.29, 1.82) is 0 Å². The van der Waals surface area contributed by atoms with E-state index in [2.05, 4.69) is 9.80 Å². The number of carbonyl (C=O) groups is 1. The minimum Gasteiger partial charge on any atom is -0.461 e. The van der Waals surface area contributed by atoms with Crippen LogP contribution < -0.4 is 0 Å². The van der Waals surface area contributed by atoms with Gasteiger partial charge in [-0.1, -0.05) is 0 Å². The predicted molar refractivity (Wildman–Crippen MR) is 63.8 cm³/mol. The largest absolute Gasteiger partial charge is 0.461 e. The van der Waals surface area contributed by atoms with Crippen LogP contribution in [-0.2, 0) is 14.3 Å². The summed E-state index contributed by atoms with van der Waals surface area (Å²) in [5.41, 5.74) is 0. The van der Waals surface area contributed by atoms with Crippen LogP contribution in [0.3, 0.4) is 0 Å². The van der Waals surface area contributed by atoms with E-state index in [1.807, 2.05) is 21.0 Å². The van der Waals surface area contributed by atoms with Gasteiger partial charge in [0.05, 0.1) is 12.7 Å². The lowest BCUT2D eigenvalue weighted by Crippen LogP contribution is -2.51. The first kappa shape index (κ1) is 12.8. The van der Waals surface area contributed by atoms with E-state index in [1.165, 1.54) is 0 Å². The Morgan fingerprint density at radius 3 is 2.82 bits per heavy atom. The molecule has 0 bridgehead atoms. The summed E-state index contributed by atoms with van der Waals surface area (Å²) in [6.07, 6.45) is 1.07. The van der Waals surface area contributed by atoms with Crippen molar-refractivity contribution in [1.82, 2.24) is 9.80 Å². The molecule has 0 unspecified atom stereocenters. The Balaban J connectivity index is 1.90. The highest BCUT2D eigenvalue weighted by Gasteiger charge is 2.38. The molecule has 0 aliphatic carbocycles. The van der Waals surface area contributed by atoms with Crippen molar-refractivity contribution in [2.24, 2.45) is 0 Å². The van der Waals surface area contributed by atoms with Gasteiger partial charge < -0.3 is 14.4 Å². The summed E-state index contributed by atoms with van der Waals surface area (Å²) in [6, 6.07) is -0.0569. The zero-order valence-corrected chi connectivity index (χ0v) is 10.9. The molecule has 2 saturated heterocycles. The zero-order valence-electron chi connectivity index (χ0n) is 10.9. The van der Waals surface area contributed by atoms with Crippen LogP contribution in [0.4, 0.5) is 0 Å². The average molecular weight is 242 g/mol. The molecule has 3 atom stereocenters. The molecule has 2 heterocycles. The molecule has 2 aliphatic heterocycles. The van der Waals surface area contributed by atoms with Crippen molar-refractivity contribution in [2.75, 3.05) is 40.3 Å². The van der Waals surface area contributed by atoms with E-state index in [0.29, 0.717) is 6.61 Å². The van der Waals surface area contributed by atoms with Crippen LogP contribution in [0.1, 0.15) is 13.3 Å². The van der Waals surface area contributed by atoms with Crippen molar-refractivity contribution < 1.29 is 14.3 Å². The number of nitrogens with zero attached hydrogens (tertiary/aromatic N) is 2. The summed E-state index contributed by atoms with van der Waals surface area (Å²) in [6.45, 7) is 5.21. The maximum absolute atomic E-state index is 11.7. The monoisotopic (exact) mass is 242 g/mol. The van der Waals surface area contributed by atoms with E-state index in [0.717, 1.165) is 26.1 Å². The van der Waals surface area contributed by atoms with E-state index >= 15 is 0 Å². The molecule has 2 fully saturated rings. The first-order valence-corrected chi connectivity index (χ1v) is 6.27. The van der Waals surface area contributed by atoms with Gasteiger partial charge in [0.15, 0.2) is 0 Å². The molecule has 0 N–H and O–H groups in total. The summed E-state index contributed by atoms with van der Waals surface area (Å²) in [5, 5.41) is 0. The van der Waals surface area contributed by atoms with E-state index in [-0.39, 0.29) is 24.2 Å². The lowest BCUT2D eigenvalue weighted by molar-refractivity contribution is -0.147. The third-order valence-corrected chi connectivity index (χ3v) is 3.32. The summed E-state index contributed by atoms with van der Waals surface area (Å²) in [4.78, 5) is 16.0. The number of carbonyl (C=O) groups excluding carboxylic acids is 1. The van der Waals surface area contributed by atoms with Crippen LogP contribution >= 0.6 is 0 Å². The summed E-state index contributed by atoms with van der Waals surface area (Å²) >= 11 is 0. The first-order valence-electron chi connectivity index (χ1n) is 6.27. The van der Waals surface area contributed by atoms with Crippen molar-refractivity contribution in [3.63, 3.8) is 0 Å². The number of rotatable bonds is 3. The molecule has 5 heteroatoms. The maximum Gasteiger partial charge on any atom is 0.323 e. The highest BCUT2D eigenvalue weighted by molar-refractivity contribution is 5.78. The van der Waals surface area contributed by atoms with Gasteiger partial charge in [0.1, 0.15) is 12.1 Å². The van der Waals surface area contributed by atoms with Gasteiger partial charge in [0.2, 0.25) is 0 Å². The third-order valence-electron chi connectivity index (χ3n) is 3.32. The number of hydrogen-bond donors (Lipinski definition) is 0. The topological polar surface area (TPSA) is 42.0 Å². The number of esters is 1. The minimum absolute atomic E-state index is 0.0569. The summed E-state index contributed by atoms with van der Waals surface area (Å²) in [7, 11) is 4.07. The molecule has 0 radical (unpaired) electrons. The van der Waals surface area contributed by atoms with Crippen molar-refractivity contribution in [3.8, 4) is 0 Å². The molecule has 0 aromatic heterocycles. The van der Waals surface area contributed by atoms with Crippen LogP contribution in [0.5, 0.6) is 0 Å². The van der Waals surface area contributed by atoms with Crippen LogP contribution in [-0.4, -0.2) is 74.4 Å². The molecule has 2 aliphatic rings. The molecular formula is C12H22N2O3. The predicted octanol–water partition coefficient (Wildman–Crippen LogP) is -0.0472. The molecule has 0 aromatic rings. The molecule has 0 saturated carbocycles. The van der Waals surface area contributed by atoms with Crippen molar-refractivity contribution in [2.45, 2.75) is 31.6 Å². The highest BCUT2D eigenvalue weighted by atomic mass is 16.6. The fourth-order valence-corrected chi connectivity index (χ4v) is 2.58. The molecular weight excluding hydrogens is 220 g/mol. The number of ether oxygens (including phenoxy) is 2.